The Morgan fingerprint density at radius 3 is 0.986 bits per heavy atom. The van der Waals surface area contributed by atoms with Crippen molar-refractivity contribution in [1.29, 1.82) is 0 Å². The average molecular weight is 1220 g/mol. The van der Waals surface area contributed by atoms with Crippen molar-refractivity contribution in [2.45, 2.75) is 211 Å². The van der Waals surface area contributed by atoms with Crippen LogP contribution in [0.25, 0.3) is 0 Å². The number of benzene rings is 2. The third-order valence-electron chi connectivity index (χ3n) is 21.0. The summed E-state index contributed by atoms with van der Waals surface area (Å²) in [5.74, 6) is 14.0. The summed E-state index contributed by atoms with van der Waals surface area (Å²) in [6.45, 7) is 22.1. The van der Waals surface area contributed by atoms with Gasteiger partial charge in [-0.15, -0.1) is 0 Å². The van der Waals surface area contributed by atoms with Crippen molar-refractivity contribution in [2.75, 3.05) is 0 Å². The van der Waals surface area contributed by atoms with Crippen molar-refractivity contribution in [3.05, 3.63) is 101 Å². The van der Waals surface area contributed by atoms with Gasteiger partial charge in [-0.25, -0.2) is 0 Å². The monoisotopic (exact) mass is 1210 g/mol. The molecule has 0 heterocycles. The number of hydrogen-bond acceptors (Lipinski definition) is 0. The third-order valence-corrected chi connectivity index (χ3v) is 31.9. The Labute approximate surface area is 470 Å². The molecule has 0 radical (unpaired) electrons. The number of halogens is 4. The first-order valence-electron chi connectivity index (χ1n) is 26.8. The van der Waals surface area contributed by atoms with E-state index in [2.05, 4.69) is 115 Å². The van der Waals surface area contributed by atoms with Gasteiger partial charge < -0.3 is 29.7 Å². The van der Waals surface area contributed by atoms with E-state index in [9.17, 15) is 0 Å². The van der Waals surface area contributed by atoms with Gasteiger partial charge in [0.25, 0.3) is 0 Å². The zero-order chi connectivity index (χ0) is 45.8. The second-order valence-electron chi connectivity index (χ2n) is 24.7. The van der Waals surface area contributed by atoms with Crippen LogP contribution in [-0.4, -0.2) is 16.1 Å². The molecule has 10 rings (SSSR count). The van der Waals surface area contributed by atoms with Crippen LogP contribution in [0.15, 0.2) is 60.7 Å². The molecule has 0 bridgehead atoms. The van der Waals surface area contributed by atoms with Crippen molar-refractivity contribution in [3.63, 3.8) is 0 Å². The van der Waals surface area contributed by atoms with E-state index < -0.39 is 57.8 Å². The van der Waals surface area contributed by atoms with Crippen molar-refractivity contribution < 1.29 is 41.7 Å². The van der Waals surface area contributed by atoms with Gasteiger partial charge in [-0.05, 0) is 155 Å². The molecule has 8 fully saturated rings. The fourth-order valence-electron chi connectivity index (χ4n) is 20.1. The van der Waals surface area contributed by atoms with Crippen LogP contribution >= 0.6 is 34.1 Å². The topological polar surface area (TPSA) is 0 Å². The predicted molar refractivity (Wildman–Crippen MR) is 312 cm³/mol. The first kappa shape index (κ1) is 66.9. The van der Waals surface area contributed by atoms with Crippen LogP contribution < -0.4 is 0 Å². The molecule has 392 valence electrons. The zero-order valence-electron chi connectivity index (χ0n) is 45.4. The van der Waals surface area contributed by atoms with Crippen molar-refractivity contribution in [2.24, 2.45) is 71.0 Å². The molecule has 2 aromatic carbocycles. The van der Waals surface area contributed by atoms with Crippen molar-refractivity contribution in [3.8, 4) is 0 Å². The van der Waals surface area contributed by atoms with E-state index in [0.29, 0.717) is 0 Å². The van der Waals surface area contributed by atoms with Gasteiger partial charge in [-0.3, -0.25) is 0 Å². The van der Waals surface area contributed by atoms with E-state index in [1.165, 1.54) is 77.0 Å². The number of fused-ring (bicyclic) bond motifs is 4. The molecular weight excluding hydrogens is 1110 g/mol. The molecule has 0 saturated heterocycles. The van der Waals surface area contributed by atoms with Crippen LogP contribution in [0.3, 0.4) is 0 Å². The second kappa shape index (κ2) is 30.7. The van der Waals surface area contributed by atoms with Crippen LogP contribution in [0.4, 0.5) is 0 Å². The van der Waals surface area contributed by atoms with E-state index in [0.717, 1.165) is 105 Å². The number of rotatable bonds is 6. The Morgan fingerprint density at radius 1 is 0.377 bits per heavy atom. The molecule has 18 atom stereocenters. The number of hydrogen-bond donors (Lipinski definition) is 0. The molecule has 8 heteroatoms. The summed E-state index contributed by atoms with van der Waals surface area (Å²) in [5, 5.41) is 0. The predicted octanol–water partition coefficient (Wildman–Crippen LogP) is 22.2. The SMILES string of the molecule is C.CC1CC2CCCCC2C1[Si](C)(C)C1C(C)CC2C(c3ccccc3)CCCC21.CC1CC2CCCCC2C1[Si](C)(C)C1C(C)CC2C(c3ccccc3)CCCC21.[CH3-].[CH3-].[CH3-].[CH3-].[Cl][Zr+2][Cl].[Cl][Zr+2][Cl]. The molecule has 0 aromatic heterocycles. The van der Waals surface area contributed by atoms with Crippen LogP contribution in [0.2, 0.25) is 48.4 Å². The van der Waals surface area contributed by atoms with Gasteiger partial charge in [0.15, 0.2) is 0 Å². The summed E-state index contributed by atoms with van der Waals surface area (Å²) >= 11 is -1.65. The van der Waals surface area contributed by atoms with Gasteiger partial charge in [-0.2, -0.15) is 0 Å². The summed E-state index contributed by atoms with van der Waals surface area (Å²) in [7, 11) is 17.1. The summed E-state index contributed by atoms with van der Waals surface area (Å²) in [5.41, 5.74) is 7.67. The normalized spacial score (nSPS) is 38.1. The maximum atomic E-state index is 4.93. The molecular formula is C61H104Cl4Si2Zr2. The molecule has 8 aliphatic rings. The first-order valence-corrected chi connectivity index (χ1v) is 45.8. The third kappa shape index (κ3) is 14.7. The molecule has 0 amide bonds. The minimum atomic E-state index is -1.31. The Kier molecular flexibility index (Phi) is 29.7. The van der Waals surface area contributed by atoms with Gasteiger partial charge in [0.2, 0.25) is 0 Å². The first-order chi connectivity index (χ1) is 30.8. The fraction of sp³-hybridized carbons (Fsp3) is 0.738. The van der Waals surface area contributed by atoms with Gasteiger partial charge in [0.1, 0.15) is 0 Å². The Bertz CT molecular complexity index is 1580. The van der Waals surface area contributed by atoms with E-state index in [1.807, 2.05) is 0 Å². The molecule has 0 N–H and O–H groups in total. The van der Waals surface area contributed by atoms with Gasteiger partial charge in [0, 0.05) is 0 Å². The van der Waals surface area contributed by atoms with E-state index in [1.54, 1.807) is 49.7 Å². The molecule has 8 aliphatic carbocycles. The second-order valence-corrected chi connectivity index (χ2v) is 42.1. The van der Waals surface area contributed by atoms with Crippen LogP contribution in [0, 0.1) is 101 Å². The molecule has 0 nitrogen and oxygen atoms in total. The molecule has 8 saturated carbocycles. The molecule has 0 spiro atoms. The summed E-state index contributed by atoms with van der Waals surface area (Å²) in [6.07, 6.45) is 27.4. The Balaban J connectivity index is 0.000000399. The Hall–Kier alpha value is 1.80. The fourth-order valence-corrected chi connectivity index (χ4v) is 33.5. The standard InChI is InChI=1S/2C28H44Si.CH4.4CH3.4ClH.2Zr/c2*1-19-17-22-13-8-9-14-24(22)27(19)29(3,4)28-20(2)18-26-23(15-10-16-25(26)28)21-11-6-5-7-12-21;;;;;;;;;;;/h2*5-7,11-12,19-20,22-28H,8-10,13-18H2,1-4H3;1H4;4*1H3;4*1H;;/q;;;4*-1;;;;;2*+4/p-4. The molecule has 18 unspecified atom stereocenters. The zero-order valence-corrected chi connectivity index (χ0v) is 55.3. The summed E-state index contributed by atoms with van der Waals surface area (Å²) in [6, 6.07) is 23.2. The van der Waals surface area contributed by atoms with E-state index in [-0.39, 0.29) is 37.1 Å². The maximum absolute atomic E-state index is 4.93. The van der Waals surface area contributed by atoms with Crippen molar-refractivity contribution in [1.82, 2.24) is 0 Å². The van der Waals surface area contributed by atoms with Gasteiger partial charge >= 0.3 is 75.7 Å². The van der Waals surface area contributed by atoms with Crippen LogP contribution in [-0.2, 0) is 41.7 Å². The average Bonchev–Trinajstić information content (AvgIpc) is 4.03. The van der Waals surface area contributed by atoms with Gasteiger partial charge in [-0.1, -0.05) is 199 Å². The molecule has 69 heavy (non-hydrogen) atoms. The van der Waals surface area contributed by atoms with Crippen molar-refractivity contribution >= 4 is 50.2 Å². The van der Waals surface area contributed by atoms with Crippen LogP contribution in [0.5, 0.6) is 0 Å². The quantitative estimate of drug-likeness (QED) is 0.200. The van der Waals surface area contributed by atoms with Crippen LogP contribution in [0.1, 0.15) is 174 Å². The molecule has 2 aromatic rings. The molecule has 0 aliphatic heterocycles. The van der Waals surface area contributed by atoms with E-state index >= 15 is 0 Å². The summed E-state index contributed by atoms with van der Waals surface area (Å²) in [4.78, 5) is 0. The Morgan fingerprint density at radius 2 is 0.652 bits per heavy atom. The van der Waals surface area contributed by atoms with Gasteiger partial charge in [0.05, 0.1) is 16.1 Å². The minimum absolute atomic E-state index is 0. The summed E-state index contributed by atoms with van der Waals surface area (Å²) < 4.78 is 0. The van der Waals surface area contributed by atoms with E-state index in [4.69, 9.17) is 34.1 Å².